The standard InChI is InChI=1S/C43H73N3O30/c1-11-21(44-12(2)52)29(60)35(18(8-50)67-11)73-40-23(46-14(4)54)30(61)36(19(9-51)71-40)74-42-34(65)37(75-41-33(64)31(62)25(56)16(6-48)69-41)27(58)20(72-42)10-66-43-38(32(63)26(57)17(7-49)70-43)76-39-22(45-13(3)53)28(59)24(55)15(5-47)68-39/h11,15-43,47-51,55-65H,5-10H2,1-4H3,(H,44,52)(H,45,53)(H,46,54)/t11-,15-,16?,17?,18?,19?,20?,21?,22?,23?,24+,25+,26+,27+,28?,29+,30+,31?,32-,33?,34?,35+,36+,37-,38?,39-,40-,41+,42-,43-/m0/s1. The summed E-state index contributed by atoms with van der Waals surface area (Å²) >= 11 is 0. The van der Waals surface area contributed by atoms with Crippen LogP contribution in [-0.2, 0) is 66.5 Å². The van der Waals surface area contributed by atoms with Gasteiger partial charge < -0.3 is 150 Å². The van der Waals surface area contributed by atoms with Crippen molar-refractivity contribution in [2.45, 2.75) is 212 Å². The van der Waals surface area contributed by atoms with Crippen molar-refractivity contribution in [1.29, 1.82) is 0 Å². The lowest BCUT2D eigenvalue weighted by Gasteiger charge is -2.50. The first-order valence-electron chi connectivity index (χ1n) is 24.4. The lowest BCUT2D eigenvalue weighted by Crippen LogP contribution is -2.70. The normalized spacial score (nSPS) is 48.2. The van der Waals surface area contributed by atoms with Crippen LogP contribution in [0.3, 0.4) is 0 Å². The zero-order valence-corrected chi connectivity index (χ0v) is 41.4. The fourth-order valence-electron chi connectivity index (χ4n) is 9.86. The molecule has 3 amide bonds. The molecule has 33 nitrogen and oxygen atoms in total. The minimum Gasteiger partial charge on any atom is -0.394 e. The monoisotopic (exact) mass is 1110 g/mol. The third kappa shape index (κ3) is 13.7. The molecule has 6 rings (SSSR count). The number of carbonyl (C=O) groups excluding carboxylic acids is 3. The molecule has 0 aliphatic carbocycles. The molecule has 0 bridgehead atoms. The second-order valence-electron chi connectivity index (χ2n) is 19.3. The Morgan fingerprint density at radius 1 is 0.355 bits per heavy atom. The first-order chi connectivity index (χ1) is 35.9. The second kappa shape index (κ2) is 27.2. The van der Waals surface area contributed by atoms with Crippen LogP contribution in [0.1, 0.15) is 27.7 Å². The highest BCUT2D eigenvalue weighted by atomic mass is 16.8. The molecule has 0 saturated carbocycles. The molecule has 0 radical (unpaired) electrons. The number of hydrogen-bond acceptors (Lipinski definition) is 30. The van der Waals surface area contributed by atoms with Crippen LogP contribution in [0.2, 0.25) is 0 Å². The summed E-state index contributed by atoms with van der Waals surface area (Å²) in [4.78, 5) is 36.8. The van der Waals surface area contributed by atoms with Crippen LogP contribution in [0.5, 0.6) is 0 Å². The molecule has 13 unspecified atom stereocenters. The van der Waals surface area contributed by atoms with Crippen molar-refractivity contribution < 1.29 is 148 Å². The smallest absolute Gasteiger partial charge is 0.217 e. The van der Waals surface area contributed by atoms with E-state index in [1.54, 1.807) is 0 Å². The number of rotatable bonds is 19. The van der Waals surface area contributed by atoms with Gasteiger partial charge in [0.05, 0.1) is 51.8 Å². The Hall–Kier alpha value is -2.67. The van der Waals surface area contributed by atoms with Gasteiger partial charge in [0.1, 0.15) is 140 Å². The van der Waals surface area contributed by atoms with Crippen molar-refractivity contribution in [2.75, 3.05) is 39.6 Å². The molecule has 6 fully saturated rings. The third-order valence-corrected chi connectivity index (χ3v) is 13.9. The highest BCUT2D eigenvalue weighted by Gasteiger charge is 2.57. The van der Waals surface area contributed by atoms with Gasteiger partial charge in [-0.2, -0.15) is 0 Å². The van der Waals surface area contributed by atoms with E-state index < -0.39 is 241 Å². The van der Waals surface area contributed by atoms with Crippen molar-refractivity contribution >= 4 is 17.7 Å². The first kappa shape index (κ1) is 62.5. The van der Waals surface area contributed by atoms with Crippen LogP contribution in [0.25, 0.3) is 0 Å². The highest BCUT2D eigenvalue weighted by Crippen LogP contribution is 2.36. The zero-order chi connectivity index (χ0) is 56.2. The Balaban J connectivity index is 1.30. The van der Waals surface area contributed by atoms with Crippen LogP contribution in [0, 0.1) is 0 Å². The molecular formula is C43H73N3O30. The number of aliphatic hydroxyl groups excluding tert-OH is 16. The molecule has 33 heteroatoms. The van der Waals surface area contributed by atoms with E-state index in [0.717, 1.165) is 13.8 Å². The van der Waals surface area contributed by atoms with Crippen molar-refractivity contribution in [3.63, 3.8) is 0 Å². The van der Waals surface area contributed by atoms with Crippen molar-refractivity contribution in [2.24, 2.45) is 0 Å². The fourth-order valence-corrected chi connectivity index (χ4v) is 9.86. The maximum atomic E-state index is 12.6. The summed E-state index contributed by atoms with van der Waals surface area (Å²) < 4.78 is 64.4. The van der Waals surface area contributed by atoms with Gasteiger partial charge in [-0.3, -0.25) is 14.4 Å². The molecule has 0 spiro atoms. The summed E-state index contributed by atoms with van der Waals surface area (Å²) in [6, 6.07) is -4.41. The Kier molecular flexibility index (Phi) is 22.4. The number of carbonyl (C=O) groups is 3. The van der Waals surface area contributed by atoms with Gasteiger partial charge in [0, 0.05) is 20.8 Å². The maximum Gasteiger partial charge on any atom is 0.217 e. The van der Waals surface area contributed by atoms with E-state index in [1.807, 2.05) is 0 Å². The Morgan fingerprint density at radius 2 is 0.724 bits per heavy atom. The maximum absolute atomic E-state index is 12.6. The lowest BCUT2D eigenvalue weighted by atomic mass is 9.92. The summed E-state index contributed by atoms with van der Waals surface area (Å²) in [6.45, 7) is -0.745. The van der Waals surface area contributed by atoms with Crippen molar-refractivity contribution in [3.05, 3.63) is 0 Å². The lowest BCUT2D eigenvalue weighted by molar-refractivity contribution is -0.386. The average Bonchev–Trinajstić information content (AvgIpc) is 3.37. The predicted octanol–water partition coefficient (Wildman–Crippen LogP) is -12.6. The topological polar surface area (TPSA) is 513 Å². The van der Waals surface area contributed by atoms with Crippen molar-refractivity contribution in [3.8, 4) is 0 Å². The number of hydrogen-bond donors (Lipinski definition) is 19. The van der Waals surface area contributed by atoms with Gasteiger partial charge in [-0.15, -0.1) is 0 Å². The van der Waals surface area contributed by atoms with Gasteiger partial charge in [-0.05, 0) is 6.92 Å². The molecule has 19 N–H and O–H groups in total. The summed E-state index contributed by atoms with van der Waals surface area (Å²) in [5, 5.41) is 181. The molecule has 0 aromatic rings. The predicted molar refractivity (Wildman–Crippen MR) is 237 cm³/mol. The molecule has 76 heavy (non-hydrogen) atoms. The fraction of sp³-hybridized carbons (Fsp3) is 0.930. The number of amides is 3. The molecule has 6 aliphatic heterocycles. The summed E-state index contributed by atoms with van der Waals surface area (Å²) in [5.41, 5.74) is 0. The van der Waals surface area contributed by atoms with E-state index in [2.05, 4.69) is 16.0 Å². The minimum absolute atomic E-state index is 0.561. The summed E-state index contributed by atoms with van der Waals surface area (Å²) in [6.07, 6.45) is -49.5. The number of nitrogens with one attached hydrogen (secondary N) is 3. The van der Waals surface area contributed by atoms with Crippen LogP contribution in [-0.4, -0.2) is 323 Å². The largest absolute Gasteiger partial charge is 0.394 e. The minimum atomic E-state index is -2.26. The van der Waals surface area contributed by atoms with Crippen molar-refractivity contribution in [1.82, 2.24) is 16.0 Å². The Morgan fingerprint density at radius 3 is 1.25 bits per heavy atom. The quantitative estimate of drug-likeness (QED) is 0.0571. The molecule has 6 aliphatic rings. The van der Waals surface area contributed by atoms with Gasteiger partial charge >= 0.3 is 0 Å². The van der Waals surface area contributed by atoms with Gasteiger partial charge in [0.25, 0.3) is 0 Å². The SMILES string of the molecule is CC(=O)NC1C(O)[C@H](O)[C@H](CO)O[C@H]1OC1[C@@H](OCC2O[C@@H](O[C@@H]3C(CO)O[C@@H](O[C@@H]4C(CO)O[C@@H](C)C(NC(C)=O)[C@H]4O)C(NC(C)=O)[C@H]3O)C(O)[C@@H](O[C@H]3OC(CO)[C@@H](O)C(O)C3O)[C@@H]2O)OC(CO)[C@@H](O)[C@@H]1O. The van der Waals surface area contributed by atoms with Gasteiger partial charge in [-0.1, -0.05) is 0 Å². The second-order valence-corrected chi connectivity index (χ2v) is 19.3. The summed E-state index contributed by atoms with van der Waals surface area (Å²) in [7, 11) is 0. The van der Waals surface area contributed by atoms with E-state index in [1.165, 1.54) is 13.8 Å². The van der Waals surface area contributed by atoms with E-state index in [-0.39, 0.29) is 0 Å². The summed E-state index contributed by atoms with van der Waals surface area (Å²) in [5.74, 6) is -2.12. The molecule has 6 heterocycles. The third-order valence-electron chi connectivity index (χ3n) is 13.9. The highest BCUT2D eigenvalue weighted by molar-refractivity contribution is 5.74. The van der Waals surface area contributed by atoms with E-state index in [0.29, 0.717) is 0 Å². The van der Waals surface area contributed by atoms with Crippen LogP contribution < -0.4 is 16.0 Å². The first-order valence-corrected chi connectivity index (χ1v) is 24.4. The zero-order valence-electron chi connectivity index (χ0n) is 41.4. The van der Waals surface area contributed by atoms with Crippen LogP contribution in [0.4, 0.5) is 0 Å². The molecule has 6 saturated heterocycles. The van der Waals surface area contributed by atoms with Gasteiger partial charge in [0.15, 0.2) is 31.5 Å². The van der Waals surface area contributed by atoms with E-state index >= 15 is 0 Å². The molecule has 0 aromatic carbocycles. The molecule has 440 valence electrons. The average molecular weight is 1110 g/mol. The van der Waals surface area contributed by atoms with E-state index in [9.17, 15) is 96.1 Å². The number of aliphatic hydroxyl groups is 16. The van der Waals surface area contributed by atoms with Crippen LogP contribution in [0.15, 0.2) is 0 Å². The van der Waals surface area contributed by atoms with E-state index in [4.69, 9.17) is 52.1 Å². The Bertz CT molecular complexity index is 1870. The molecule has 0 aromatic heterocycles. The number of ether oxygens (including phenoxy) is 11. The van der Waals surface area contributed by atoms with Gasteiger partial charge in [-0.25, -0.2) is 0 Å². The molecule has 30 atom stereocenters. The molecular weight excluding hydrogens is 1040 g/mol. The van der Waals surface area contributed by atoms with Crippen LogP contribution >= 0.6 is 0 Å². The Labute approximate surface area is 432 Å². The van der Waals surface area contributed by atoms with Gasteiger partial charge in [0.2, 0.25) is 17.7 Å².